The molecule has 5 heteroatoms. The highest BCUT2D eigenvalue weighted by Gasteiger charge is 2.29. The van der Waals surface area contributed by atoms with Crippen molar-refractivity contribution in [1.29, 1.82) is 0 Å². The first kappa shape index (κ1) is 18.0. The lowest BCUT2D eigenvalue weighted by molar-refractivity contribution is -0.122. The van der Waals surface area contributed by atoms with Crippen molar-refractivity contribution in [3.05, 3.63) is 35.9 Å². The number of rotatable bonds is 8. The summed E-state index contributed by atoms with van der Waals surface area (Å²) in [5.41, 5.74) is 1.12. The van der Waals surface area contributed by atoms with E-state index < -0.39 is 9.84 Å². The number of sulfone groups is 1. The molecule has 1 aromatic carbocycles. The van der Waals surface area contributed by atoms with E-state index in [0.717, 1.165) is 31.2 Å². The van der Waals surface area contributed by atoms with Crippen LogP contribution in [0.15, 0.2) is 30.3 Å². The van der Waals surface area contributed by atoms with Crippen molar-refractivity contribution in [2.45, 2.75) is 51.5 Å². The molecule has 0 aliphatic carbocycles. The molecule has 0 radical (unpaired) electrons. The van der Waals surface area contributed by atoms with Crippen LogP contribution in [0, 0.1) is 5.92 Å². The summed E-state index contributed by atoms with van der Waals surface area (Å²) in [6.45, 7) is 2.16. The molecule has 23 heavy (non-hydrogen) atoms. The SMILES string of the molecule is CCCCC[C@H](NC(=O)C[C@H]1CCS(=O)(=O)C1)c1ccccc1. The van der Waals surface area contributed by atoms with Crippen molar-refractivity contribution in [3.8, 4) is 0 Å². The van der Waals surface area contributed by atoms with Crippen LogP contribution in [0.5, 0.6) is 0 Å². The quantitative estimate of drug-likeness (QED) is 0.741. The van der Waals surface area contributed by atoms with Crippen LogP contribution in [0.2, 0.25) is 0 Å². The standard InChI is InChI=1S/C18H27NO3S/c1-2-3-5-10-17(16-8-6-4-7-9-16)19-18(20)13-15-11-12-23(21,22)14-15/h4,6-9,15,17H,2-3,5,10-14H2,1H3,(H,19,20)/t15-,17+/m1/s1. The first-order chi connectivity index (χ1) is 11.0. The molecule has 0 unspecified atom stereocenters. The molecule has 4 nitrogen and oxygen atoms in total. The first-order valence-electron chi connectivity index (χ1n) is 8.55. The van der Waals surface area contributed by atoms with Gasteiger partial charge in [-0.1, -0.05) is 56.5 Å². The minimum Gasteiger partial charge on any atom is -0.349 e. The van der Waals surface area contributed by atoms with Crippen molar-refractivity contribution >= 4 is 15.7 Å². The fourth-order valence-electron chi connectivity index (χ4n) is 3.15. The van der Waals surface area contributed by atoms with Gasteiger partial charge < -0.3 is 5.32 Å². The molecule has 2 rings (SSSR count). The number of nitrogens with one attached hydrogen (secondary N) is 1. The molecule has 0 spiro atoms. The Morgan fingerprint density at radius 1 is 1.26 bits per heavy atom. The maximum atomic E-state index is 12.3. The molecule has 1 heterocycles. The average Bonchev–Trinajstić information content (AvgIpc) is 2.86. The van der Waals surface area contributed by atoms with Crippen molar-refractivity contribution in [3.63, 3.8) is 0 Å². The van der Waals surface area contributed by atoms with Gasteiger partial charge in [0, 0.05) is 6.42 Å². The second-order valence-corrected chi connectivity index (χ2v) is 8.73. The van der Waals surface area contributed by atoms with Gasteiger partial charge in [0.1, 0.15) is 0 Å². The Bertz CT molecular complexity index is 598. The molecule has 0 saturated carbocycles. The molecule has 0 bridgehead atoms. The third-order valence-corrected chi connectivity index (χ3v) is 6.27. The molecule has 0 aromatic heterocycles. The lowest BCUT2D eigenvalue weighted by Crippen LogP contribution is -2.30. The molecule has 1 saturated heterocycles. The highest BCUT2D eigenvalue weighted by atomic mass is 32.2. The van der Waals surface area contributed by atoms with Crippen LogP contribution in [0.4, 0.5) is 0 Å². The molecule has 2 atom stereocenters. The number of hydrogen-bond acceptors (Lipinski definition) is 3. The molecule has 1 aromatic rings. The van der Waals surface area contributed by atoms with Crippen LogP contribution in [0.1, 0.15) is 57.1 Å². The molecule has 128 valence electrons. The fourth-order valence-corrected chi connectivity index (χ4v) is 5.02. The van der Waals surface area contributed by atoms with Crippen molar-refractivity contribution in [2.24, 2.45) is 5.92 Å². The summed E-state index contributed by atoms with van der Waals surface area (Å²) < 4.78 is 23.0. The summed E-state index contributed by atoms with van der Waals surface area (Å²) >= 11 is 0. The van der Waals surface area contributed by atoms with E-state index >= 15 is 0 Å². The lowest BCUT2D eigenvalue weighted by atomic mass is 9.99. The normalized spacial score (nSPS) is 21.0. The minimum atomic E-state index is -2.92. The van der Waals surface area contributed by atoms with Gasteiger partial charge in [-0.15, -0.1) is 0 Å². The maximum Gasteiger partial charge on any atom is 0.220 e. The Hall–Kier alpha value is -1.36. The monoisotopic (exact) mass is 337 g/mol. The van der Waals surface area contributed by atoms with Gasteiger partial charge in [-0.05, 0) is 24.3 Å². The van der Waals surface area contributed by atoms with E-state index in [2.05, 4.69) is 12.2 Å². The summed E-state index contributed by atoms with van der Waals surface area (Å²) in [6.07, 6.45) is 5.23. The fraction of sp³-hybridized carbons (Fsp3) is 0.611. The van der Waals surface area contributed by atoms with Gasteiger partial charge in [-0.25, -0.2) is 8.42 Å². The van der Waals surface area contributed by atoms with Crippen LogP contribution >= 0.6 is 0 Å². The number of amides is 1. The Kier molecular flexibility index (Phi) is 6.63. The first-order valence-corrected chi connectivity index (χ1v) is 10.4. The van der Waals surface area contributed by atoms with Gasteiger partial charge in [0.25, 0.3) is 0 Å². The van der Waals surface area contributed by atoms with Crippen LogP contribution in [-0.4, -0.2) is 25.8 Å². The molecule has 1 amide bonds. The zero-order chi connectivity index (χ0) is 16.7. The zero-order valence-electron chi connectivity index (χ0n) is 13.8. The Morgan fingerprint density at radius 2 is 2.00 bits per heavy atom. The van der Waals surface area contributed by atoms with E-state index in [1.165, 1.54) is 0 Å². The number of carbonyl (C=O) groups excluding carboxylic acids is 1. The van der Waals surface area contributed by atoms with E-state index in [1.807, 2.05) is 30.3 Å². The highest BCUT2D eigenvalue weighted by molar-refractivity contribution is 7.91. The number of carbonyl (C=O) groups is 1. The molecule has 1 aliphatic heterocycles. The predicted octanol–water partition coefficient (Wildman–Crippen LogP) is 3.25. The van der Waals surface area contributed by atoms with Gasteiger partial charge in [-0.3, -0.25) is 4.79 Å². The lowest BCUT2D eigenvalue weighted by Gasteiger charge is -2.20. The van der Waals surface area contributed by atoms with Gasteiger partial charge in [0.2, 0.25) is 5.91 Å². The highest BCUT2D eigenvalue weighted by Crippen LogP contribution is 2.24. The van der Waals surface area contributed by atoms with E-state index in [1.54, 1.807) is 0 Å². The molecule has 1 fully saturated rings. The van der Waals surface area contributed by atoms with Gasteiger partial charge in [0.05, 0.1) is 17.5 Å². The molecular weight excluding hydrogens is 310 g/mol. The topological polar surface area (TPSA) is 63.2 Å². The number of benzene rings is 1. The Morgan fingerprint density at radius 3 is 2.61 bits per heavy atom. The summed E-state index contributed by atoms with van der Waals surface area (Å²) in [5, 5.41) is 3.11. The van der Waals surface area contributed by atoms with Crippen molar-refractivity contribution in [2.75, 3.05) is 11.5 Å². The van der Waals surface area contributed by atoms with Crippen LogP contribution < -0.4 is 5.32 Å². The van der Waals surface area contributed by atoms with Crippen molar-refractivity contribution in [1.82, 2.24) is 5.32 Å². The second-order valence-electron chi connectivity index (χ2n) is 6.50. The van der Waals surface area contributed by atoms with Crippen LogP contribution in [-0.2, 0) is 14.6 Å². The van der Waals surface area contributed by atoms with Gasteiger partial charge >= 0.3 is 0 Å². The summed E-state index contributed by atoms with van der Waals surface area (Å²) in [6, 6.07) is 10.0. The molecule has 1 aliphatic rings. The maximum absolute atomic E-state index is 12.3. The summed E-state index contributed by atoms with van der Waals surface area (Å²) in [5.74, 6) is 0.333. The molecule has 1 N–H and O–H groups in total. The Balaban J connectivity index is 1.92. The average molecular weight is 337 g/mol. The smallest absolute Gasteiger partial charge is 0.220 e. The van der Waals surface area contributed by atoms with Gasteiger partial charge in [0.15, 0.2) is 9.84 Å². The minimum absolute atomic E-state index is 0.0212. The predicted molar refractivity (Wildman–Crippen MR) is 92.8 cm³/mol. The Labute approximate surface area is 139 Å². The summed E-state index contributed by atoms with van der Waals surface area (Å²) in [4.78, 5) is 12.3. The largest absolute Gasteiger partial charge is 0.349 e. The van der Waals surface area contributed by atoms with Crippen molar-refractivity contribution < 1.29 is 13.2 Å². The number of hydrogen-bond donors (Lipinski definition) is 1. The third kappa shape index (κ3) is 5.98. The summed E-state index contributed by atoms with van der Waals surface area (Å²) in [7, 11) is -2.92. The van der Waals surface area contributed by atoms with Crippen LogP contribution in [0.3, 0.4) is 0 Å². The zero-order valence-corrected chi connectivity index (χ0v) is 14.6. The van der Waals surface area contributed by atoms with E-state index in [4.69, 9.17) is 0 Å². The van der Waals surface area contributed by atoms with Gasteiger partial charge in [-0.2, -0.15) is 0 Å². The number of unbranched alkanes of at least 4 members (excludes halogenated alkanes) is 2. The van der Waals surface area contributed by atoms with E-state index in [-0.39, 0.29) is 29.4 Å². The van der Waals surface area contributed by atoms with Crippen LogP contribution in [0.25, 0.3) is 0 Å². The van der Waals surface area contributed by atoms with E-state index in [0.29, 0.717) is 12.8 Å². The molecular formula is C18H27NO3S. The van der Waals surface area contributed by atoms with E-state index in [9.17, 15) is 13.2 Å². The second kappa shape index (κ2) is 8.48. The third-order valence-electron chi connectivity index (χ3n) is 4.43.